The van der Waals surface area contributed by atoms with Crippen LogP contribution in [-0.4, -0.2) is 68.1 Å². The van der Waals surface area contributed by atoms with Crippen LogP contribution in [0.4, 0.5) is 0 Å². The number of carbonyl (C=O) groups excluding carboxylic acids is 1. The molecule has 0 heterocycles. The summed E-state index contributed by atoms with van der Waals surface area (Å²) in [6, 6.07) is -0.655. The van der Waals surface area contributed by atoms with E-state index in [1.165, 1.54) is 128 Å². The summed E-state index contributed by atoms with van der Waals surface area (Å²) in [6.45, 7) is 5.22. The number of nitrogens with one attached hydrogen (secondary N) is 1. The molecule has 7 nitrogen and oxygen atoms in total. The predicted molar refractivity (Wildman–Crippen MR) is 204 cm³/mol. The highest BCUT2D eigenvalue weighted by Crippen LogP contribution is 2.38. The molecule has 0 aliphatic rings. The zero-order chi connectivity index (χ0) is 35.8. The lowest BCUT2D eigenvalue weighted by Gasteiger charge is -2.29. The van der Waals surface area contributed by atoms with Gasteiger partial charge in [0.05, 0.1) is 33.3 Å². The number of quaternary nitrogens is 1. The molecule has 0 aromatic carbocycles. The first-order valence-corrected chi connectivity index (χ1v) is 22.1. The molecule has 0 saturated carbocycles. The predicted octanol–water partition coefficient (Wildman–Crippen LogP) is 10.2. The minimum absolute atomic E-state index is 0.118. The van der Waals surface area contributed by atoms with Gasteiger partial charge < -0.3 is 28.9 Å². The van der Waals surface area contributed by atoms with Gasteiger partial charge in [0.15, 0.2) is 0 Å². The fourth-order valence-corrected chi connectivity index (χ4v) is 7.11. The Morgan fingerprint density at radius 3 is 1.58 bits per heavy atom. The van der Waals surface area contributed by atoms with Crippen LogP contribution >= 0.6 is 7.60 Å². The zero-order valence-corrected chi connectivity index (χ0v) is 33.4. The molecule has 1 amide bonds. The van der Waals surface area contributed by atoms with E-state index in [0.29, 0.717) is 17.4 Å². The number of likely N-dealkylation sites (N-methyl/N-ethyl adjacent to an activating group) is 1. The number of hydrogen-bond donors (Lipinski definition) is 2. The quantitative estimate of drug-likeness (QED) is 0.0293. The van der Waals surface area contributed by atoms with Gasteiger partial charge in [-0.25, -0.2) is 0 Å². The van der Waals surface area contributed by atoms with Crippen molar-refractivity contribution in [3.05, 3.63) is 12.2 Å². The highest BCUT2D eigenvalue weighted by molar-refractivity contribution is 7.51. The average Bonchev–Trinajstić information content (AvgIpc) is 3.02. The van der Waals surface area contributed by atoms with E-state index in [9.17, 15) is 19.4 Å². The first kappa shape index (κ1) is 47.3. The molecule has 286 valence electrons. The second-order valence-corrected chi connectivity index (χ2v) is 17.3. The van der Waals surface area contributed by atoms with E-state index in [2.05, 4.69) is 19.2 Å². The van der Waals surface area contributed by atoms with Crippen LogP contribution in [0.2, 0.25) is 0 Å². The maximum Gasteiger partial charge on any atom is 0.220 e. The molecule has 0 spiro atoms. The van der Waals surface area contributed by atoms with Gasteiger partial charge in [-0.3, -0.25) is 4.79 Å². The molecule has 3 atom stereocenters. The topological polar surface area (TPSA) is 98.7 Å². The number of aliphatic hydroxyl groups is 1. The van der Waals surface area contributed by atoms with Crippen LogP contribution in [-0.2, 0) is 13.9 Å². The molecule has 0 aliphatic heterocycles. The maximum atomic E-state index is 12.8. The van der Waals surface area contributed by atoms with Crippen molar-refractivity contribution < 1.29 is 28.4 Å². The van der Waals surface area contributed by atoms with Gasteiger partial charge in [0.2, 0.25) is 5.91 Å². The normalized spacial score (nSPS) is 14.7. The molecule has 0 aromatic heterocycles. The van der Waals surface area contributed by atoms with Crippen molar-refractivity contribution in [2.75, 3.05) is 40.5 Å². The summed E-state index contributed by atoms with van der Waals surface area (Å²) in [5, 5.41) is 13.9. The Bertz CT molecular complexity index is 801. The van der Waals surface area contributed by atoms with Gasteiger partial charge >= 0.3 is 0 Å². The molecule has 0 saturated heterocycles. The van der Waals surface area contributed by atoms with Crippen LogP contribution in [0.25, 0.3) is 0 Å². The molecule has 8 heteroatoms. The van der Waals surface area contributed by atoms with Gasteiger partial charge in [0, 0.05) is 12.6 Å². The van der Waals surface area contributed by atoms with Gasteiger partial charge in [-0.2, -0.15) is 0 Å². The molecule has 1 unspecified atom stereocenters. The Morgan fingerprint density at radius 1 is 0.729 bits per heavy atom. The zero-order valence-electron chi connectivity index (χ0n) is 32.5. The Balaban J connectivity index is 4.50. The number of amides is 1. The van der Waals surface area contributed by atoms with Crippen molar-refractivity contribution in [2.45, 2.75) is 199 Å². The minimum Gasteiger partial charge on any atom is -0.778 e. The van der Waals surface area contributed by atoms with E-state index in [4.69, 9.17) is 4.52 Å². The van der Waals surface area contributed by atoms with Crippen LogP contribution in [0.3, 0.4) is 0 Å². The van der Waals surface area contributed by atoms with Crippen LogP contribution in [0.5, 0.6) is 0 Å². The van der Waals surface area contributed by atoms with E-state index in [1.807, 2.05) is 27.2 Å². The number of hydrogen-bond acceptors (Lipinski definition) is 5. The molecule has 0 aliphatic carbocycles. The average molecular weight is 701 g/mol. The smallest absolute Gasteiger partial charge is 0.220 e. The van der Waals surface area contributed by atoms with E-state index >= 15 is 0 Å². The largest absolute Gasteiger partial charge is 0.778 e. The summed E-state index contributed by atoms with van der Waals surface area (Å²) in [7, 11) is 1.89. The second kappa shape index (κ2) is 32.2. The molecular weight excluding hydrogens is 619 g/mol. The van der Waals surface area contributed by atoms with Crippen molar-refractivity contribution >= 4 is 13.5 Å². The minimum atomic E-state index is -4.07. The third kappa shape index (κ3) is 33.8. The maximum absolute atomic E-state index is 12.8. The fourth-order valence-electron chi connectivity index (χ4n) is 6.02. The number of allylic oxidation sites excluding steroid dienone is 1. The molecule has 0 aromatic rings. The second-order valence-electron chi connectivity index (χ2n) is 15.4. The lowest BCUT2D eigenvalue weighted by Crippen LogP contribution is -2.43. The lowest BCUT2D eigenvalue weighted by molar-refractivity contribution is -0.870. The van der Waals surface area contributed by atoms with Gasteiger partial charge in [0.25, 0.3) is 0 Å². The molecule has 0 rings (SSSR count). The van der Waals surface area contributed by atoms with Gasteiger partial charge in [-0.1, -0.05) is 167 Å². The number of nitrogens with zero attached hydrogens (tertiary/aromatic N) is 1. The summed E-state index contributed by atoms with van der Waals surface area (Å²) in [6.07, 6.45) is 34.5. The third-order valence-corrected chi connectivity index (χ3v) is 10.7. The number of carbonyl (C=O) groups is 1. The molecule has 2 N–H and O–H groups in total. The molecular formula is C40H81N2O5P. The molecule has 0 bridgehead atoms. The van der Waals surface area contributed by atoms with Gasteiger partial charge in [0.1, 0.15) is 20.7 Å². The number of unbranched alkanes of at least 4 members (excludes halogenated alkanes) is 23. The van der Waals surface area contributed by atoms with Gasteiger partial charge in [-0.05, 0) is 25.7 Å². The van der Waals surface area contributed by atoms with Crippen LogP contribution < -0.4 is 10.2 Å². The van der Waals surface area contributed by atoms with E-state index in [-0.39, 0.29) is 25.1 Å². The van der Waals surface area contributed by atoms with Crippen molar-refractivity contribution in [2.24, 2.45) is 0 Å². The Kier molecular flexibility index (Phi) is 31.7. The van der Waals surface area contributed by atoms with Crippen molar-refractivity contribution in [1.29, 1.82) is 0 Å². The summed E-state index contributed by atoms with van der Waals surface area (Å²) in [4.78, 5) is 25.4. The van der Waals surface area contributed by atoms with E-state index in [0.717, 1.165) is 32.1 Å². The first-order chi connectivity index (χ1) is 23.0. The lowest BCUT2D eigenvalue weighted by atomic mass is 10.0. The molecule has 48 heavy (non-hydrogen) atoms. The van der Waals surface area contributed by atoms with Crippen molar-refractivity contribution in [3.63, 3.8) is 0 Å². The van der Waals surface area contributed by atoms with Crippen LogP contribution in [0, 0.1) is 0 Å². The summed E-state index contributed by atoms with van der Waals surface area (Å²) >= 11 is 0. The van der Waals surface area contributed by atoms with Gasteiger partial charge in [-0.15, -0.1) is 0 Å². The standard InChI is InChI=1S/C40H81N2O5P/c1-6-8-10-12-14-16-18-20-22-24-26-28-30-32-39(43)38(34-37-48(45,46)47-36-35-42(3,4)5)41-40(44)33-31-29-27-25-23-21-19-17-15-13-11-9-7-2/h30,32,38-39,43H,6-29,31,33-37H2,1-5H3,(H-,41,44,45,46)/b32-30+/t38-,39+/m0/s1. The van der Waals surface area contributed by atoms with Crippen molar-refractivity contribution in [1.82, 2.24) is 5.32 Å². The Hall–Kier alpha value is -0.720. The summed E-state index contributed by atoms with van der Waals surface area (Å²) in [5.74, 6) is -0.118. The monoisotopic (exact) mass is 701 g/mol. The highest BCUT2D eigenvalue weighted by atomic mass is 31.2. The fraction of sp³-hybridized carbons (Fsp3) is 0.925. The molecule has 0 fully saturated rings. The first-order valence-electron chi connectivity index (χ1n) is 20.4. The van der Waals surface area contributed by atoms with Crippen LogP contribution in [0.1, 0.15) is 187 Å². The highest BCUT2D eigenvalue weighted by Gasteiger charge is 2.22. The number of rotatable bonds is 36. The Morgan fingerprint density at radius 2 is 1.15 bits per heavy atom. The summed E-state index contributed by atoms with van der Waals surface area (Å²) in [5.41, 5.74) is 0. The van der Waals surface area contributed by atoms with Crippen LogP contribution in [0.15, 0.2) is 12.2 Å². The SMILES string of the molecule is CCCCCCCCCCCCC/C=C/[C@@H](O)[C@H](CCP(=O)([O-])OCC[N+](C)(C)C)NC(=O)CCCCCCCCCCCCCCC. The van der Waals surface area contributed by atoms with E-state index < -0.39 is 19.7 Å². The van der Waals surface area contributed by atoms with Crippen molar-refractivity contribution in [3.8, 4) is 0 Å². The van der Waals surface area contributed by atoms with E-state index in [1.54, 1.807) is 6.08 Å². The summed E-state index contributed by atoms with van der Waals surface area (Å²) < 4.78 is 18.5. The number of aliphatic hydroxyl groups excluding tert-OH is 1. The third-order valence-electron chi connectivity index (χ3n) is 9.34. The Labute approximate surface area is 298 Å². The molecule has 0 radical (unpaired) electrons.